The van der Waals surface area contributed by atoms with Crippen LogP contribution in [0.25, 0.3) is 0 Å². The molecule has 0 bridgehead atoms. The van der Waals surface area contributed by atoms with E-state index in [-0.39, 0.29) is 0 Å². The first-order chi connectivity index (χ1) is 12.1. The van der Waals surface area contributed by atoms with Gasteiger partial charge in [0.05, 0.1) is 12.3 Å². The van der Waals surface area contributed by atoms with Crippen LogP contribution in [0.3, 0.4) is 0 Å². The number of amides is 2. The van der Waals surface area contributed by atoms with Gasteiger partial charge in [-0.2, -0.15) is 0 Å². The smallest absolute Gasteiger partial charge is 0.314 e. The van der Waals surface area contributed by atoms with Crippen LogP contribution in [0.5, 0.6) is 5.75 Å². The van der Waals surface area contributed by atoms with E-state index in [4.69, 9.17) is 16.3 Å². The quantitative estimate of drug-likeness (QED) is 0.605. The van der Waals surface area contributed by atoms with E-state index < -0.39 is 11.8 Å². The van der Waals surface area contributed by atoms with Crippen molar-refractivity contribution in [1.82, 2.24) is 0 Å². The van der Waals surface area contributed by atoms with Gasteiger partial charge in [0.25, 0.3) is 0 Å². The molecule has 0 aromatic heterocycles. The number of hydrogen-bond donors (Lipinski definition) is 2. The van der Waals surface area contributed by atoms with Gasteiger partial charge in [-0.15, -0.1) is 11.6 Å². The lowest BCUT2D eigenvalue weighted by molar-refractivity contribution is -0.133. The Balaban J connectivity index is 2.12. The number of benzene rings is 2. The third-order valence-corrected chi connectivity index (χ3v) is 3.91. The normalized spacial score (nSPS) is 10.2. The molecule has 0 radical (unpaired) electrons. The second-order valence-electron chi connectivity index (χ2n) is 5.32. The van der Waals surface area contributed by atoms with Crippen LogP contribution in [0.4, 0.5) is 11.4 Å². The number of hydrogen-bond acceptors (Lipinski definition) is 3. The third kappa shape index (κ3) is 4.97. The lowest BCUT2D eigenvalue weighted by atomic mass is 10.1. The number of para-hydroxylation sites is 1. The van der Waals surface area contributed by atoms with Crippen LogP contribution < -0.4 is 15.4 Å². The van der Waals surface area contributed by atoms with Gasteiger partial charge in [-0.05, 0) is 42.7 Å². The summed E-state index contributed by atoms with van der Waals surface area (Å²) in [7, 11) is 0. The van der Waals surface area contributed by atoms with E-state index in [2.05, 4.69) is 10.6 Å². The van der Waals surface area contributed by atoms with Gasteiger partial charge in [0.1, 0.15) is 5.75 Å². The number of alkyl halides is 1. The summed E-state index contributed by atoms with van der Waals surface area (Å²) >= 11 is 5.82. The van der Waals surface area contributed by atoms with Gasteiger partial charge in [-0.1, -0.05) is 31.2 Å². The molecule has 132 valence electrons. The van der Waals surface area contributed by atoms with E-state index in [1.165, 1.54) is 0 Å². The molecule has 6 heteroatoms. The Bertz CT molecular complexity index is 762. The van der Waals surface area contributed by atoms with Crippen molar-refractivity contribution in [3.8, 4) is 5.75 Å². The van der Waals surface area contributed by atoms with E-state index in [0.29, 0.717) is 29.6 Å². The minimum Gasteiger partial charge on any atom is -0.492 e. The van der Waals surface area contributed by atoms with Crippen molar-refractivity contribution in [1.29, 1.82) is 0 Å². The predicted molar refractivity (Wildman–Crippen MR) is 100 cm³/mol. The summed E-state index contributed by atoms with van der Waals surface area (Å²) in [6.07, 6.45) is 0.756. The number of ether oxygens (including phenoxy) is 1. The molecule has 2 rings (SSSR count). The molecule has 2 aromatic rings. The molecule has 0 aliphatic heterocycles. The van der Waals surface area contributed by atoms with E-state index in [9.17, 15) is 9.59 Å². The molecule has 0 atom stereocenters. The highest BCUT2D eigenvalue weighted by molar-refractivity contribution is 6.43. The molecule has 0 saturated heterocycles. The van der Waals surface area contributed by atoms with Crippen LogP contribution in [-0.4, -0.2) is 18.4 Å². The Hall–Kier alpha value is -2.53. The molecule has 0 unspecified atom stereocenters. The topological polar surface area (TPSA) is 67.4 Å². The number of aryl methyl sites for hydroxylation is 1. The zero-order valence-corrected chi connectivity index (χ0v) is 15.0. The van der Waals surface area contributed by atoms with Crippen molar-refractivity contribution in [3.05, 3.63) is 53.6 Å². The number of halogens is 1. The Morgan fingerprint density at radius 1 is 1.00 bits per heavy atom. The van der Waals surface area contributed by atoms with Crippen LogP contribution in [-0.2, 0) is 21.9 Å². The van der Waals surface area contributed by atoms with Gasteiger partial charge in [0.15, 0.2) is 0 Å². The van der Waals surface area contributed by atoms with Crippen LogP contribution in [0.1, 0.15) is 25.0 Å². The average Bonchev–Trinajstić information content (AvgIpc) is 2.63. The lowest BCUT2D eigenvalue weighted by Crippen LogP contribution is -2.29. The predicted octanol–water partition coefficient (Wildman–Crippen LogP) is 3.96. The number of carbonyl (C=O) groups excluding carboxylic acids is 2. The maximum Gasteiger partial charge on any atom is 0.314 e. The summed E-state index contributed by atoms with van der Waals surface area (Å²) < 4.78 is 5.51. The monoisotopic (exact) mass is 360 g/mol. The van der Waals surface area contributed by atoms with Gasteiger partial charge in [-0.25, -0.2) is 0 Å². The second-order valence-corrected chi connectivity index (χ2v) is 5.58. The number of carbonyl (C=O) groups is 2. The fourth-order valence-corrected chi connectivity index (χ4v) is 2.50. The molecular weight excluding hydrogens is 340 g/mol. The summed E-state index contributed by atoms with van der Waals surface area (Å²) in [5, 5.41) is 5.23. The Morgan fingerprint density at radius 3 is 2.32 bits per heavy atom. The summed E-state index contributed by atoms with van der Waals surface area (Å²) in [5.74, 6) is -0.672. The van der Waals surface area contributed by atoms with Crippen molar-refractivity contribution in [2.75, 3.05) is 17.2 Å². The van der Waals surface area contributed by atoms with Crippen molar-refractivity contribution in [3.63, 3.8) is 0 Å². The molecule has 0 saturated carbocycles. The zero-order chi connectivity index (χ0) is 18.2. The first-order valence-electron chi connectivity index (χ1n) is 8.11. The third-order valence-electron chi connectivity index (χ3n) is 3.60. The van der Waals surface area contributed by atoms with Gasteiger partial charge >= 0.3 is 11.8 Å². The van der Waals surface area contributed by atoms with E-state index in [1.807, 2.05) is 32.0 Å². The second kappa shape index (κ2) is 9.08. The fourth-order valence-electron chi connectivity index (χ4n) is 2.34. The van der Waals surface area contributed by atoms with Crippen LogP contribution in [0.2, 0.25) is 0 Å². The summed E-state index contributed by atoms with van der Waals surface area (Å²) in [6.45, 7) is 4.26. The standard InChI is InChI=1S/C19H21ClN2O3/c1-3-14-7-5-6-8-15(14)21-18(23)19(24)22-16-10-9-13(12-20)11-17(16)25-4-2/h5-11H,3-4,12H2,1-2H3,(H,21,23)(H,22,24). The van der Waals surface area contributed by atoms with Crippen molar-refractivity contribution < 1.29 is 14.3 Å². The minimum atomic E-state index is -0.759. The van der Waals surface area contributed by atoms with E-state index in [1.54, 1.807) is 24.3 Å². The Labute approximate surface area is 152 Å². The number of anilines is 2. The van der Waals surface area contributed by atoms with Crippen LogP contribution in [0.15, 0.2) is 42.5 Å². The molecule has 2 aromatic carbocycles. The SMILES string of the molecule is CCOc1cc(CCl)ccc1NC(=O)C(=O)Nc1ccccc1CC. The summed E-state index contributed by atoms with van der Waals surface area (Å²) in [4.78, 5) is 24.4. The highest BCUT2D eigenvalue weighted by Crippen LogP contribution is 2.27. The lowest BCUT2D eigenvalue weighted by Gasteiger charge is -2.13. The molecular formula is C19H21ClN2O3. The van der Waals surface area contributed by atoms with Crippen LogP contribution >= 0.6 is 11.6 Å². The maximum absolute atomic E-state index is 12.2. The Morgan fingerprint density at radius 2 is 1.68 bits per heavy atom. The van der Waals surface area contributed by atoms with Crippen molar-refractivity contribution in [2.24, 2.45) is 0 Å². The van der Waals surface area contributed by atoms with Gasteiger partial charge in [-0.3, -0.25) is 9.59 Å². The minimum absolute atomic E-state index is 0.336. The Kier molecular flexibility index (Phi) is 6.83. The molecule has 2 amide bonds. The molecule has 25 heavy (non-hydrogen) atoms. The summed E-state index contributed by atoms with van der Waals surface area (Å²) in [5.41, 5.74) is 2.89. The van der Waals surface area contributed by atoms with Gasteiger partial charge < -0.3 is 15.4 Å². The fraction of sp³-hybridized carbons (Fsp3) is 0.263. The molecule has 2 N–H and O–H groups in total. The molecule has 0 spiro atoms. The molecule has 0 aliphatic carbocycles. The van der Waals surface area contributed by atoms with E-state index in [0.717, 1.165) is 17.5 Å². The number of rotatable bonds is 6. The average molecular weight is 361 g/mol. The first kappa shape index (κ1) is 18.8. The molecule has 0 fully saturated rings. The summed E-state index contributed by atoms with van der Waals surface area (Å²) in [6, 6.07) is 12.6. The highest BCUT2D eigenvalue weighted by atomic mass is 35.5. The van der Waals surface area contributed by atoms with Crippen molar-refractivity contribution >= 4 is 34.8 Å². The zero-order valence-electron chi connectivity index (χ0n) is 14.3. The van der Waals surface area contributed by atoms with Gasteiger partial charge in [0.2, 0.25) is 0 Å². The number of nitrogens with one attached hydrogen (secondary N) is 2. The molecule has 5 nitrogen and oxygen atoms in total. The molecule has 0 heterocycles. The highest BCUT2D eigenvalue weighted by Gasteiger charge is 2.17. The van der Waals surface area contributed by atoms with Gasteiger partial charge in [0, 0.05) is 11.6 Å². The van der Waals surface area contributed by atoms with Crippen LogP contribution in [0, 0.1) is 0 Å². The van der Waals surface area contributed by atoms with Crippen molar-refractivity contribution in [2.45, 2.75) is 26.1 Å². The largest absolute Gasteiger partial charge is 0.492 e. The van der Waals surface area contributed by atoms with E-state index >= 15 is 0 Å². The maximum atomic E-state index is 12.2. The first-order valence-corrected chi connectivity index (χ1v) is 8.64. The molecule has 0 aliphatic rings.